The van der Waals surface area contributed by atoms with Crippen LogP contribution in [0.1, 0.15) is 51.7 Å². The fraction of sp³-hybridized carbons (Fsp3) is 0.231. The van der Waals surface area contributed by atoms with Crippen LogP contribution in [-0.2, 0) is 5.41 Å². The molecule has 6 aromatic rings. The third-order valence-corrected chi connectivity index (χ3v) is 13.1. The van der Waals surface area contributed by atoms with E-state index in [1.54, 1.807) is 22.7 Å². The summed E-state index contributed by atoms with van der Waals surface area (Å²) in [6.07, 6.45) is 1.71. The van der Waals surface area contributed by atoms with Crippen molar-refractivity contribution < 1.29 is 9.47 Å². The van der Waals surface area contributed by atoms with Crippen molar-refractivity contribution in [1.82, 2.24) is 0 Å². The lowest BCUT2D eigenvalue weighted by Crippen LogP contribution is -2.14. The van der Waals surface area contributed by atoms with Gasteiger partial charge in [-0.15, -0.1) is 22.7 Å². The van der Waals surface area contributed by atoms with Gasteiger partial charge in [0.15, 0.2) is 0 Å². The Hall–Kier alpha value is -5.34. The zero-order valence-electron chi connectivity index (χ0n) is 28.1. The first-order chi connectivity index (χ1) is 24.7. The van der Waals surface area contributed by atoms with Crippen LogP contribution in [0.5, 0.6) is 11.5 Å². The van der Waals surface area contributed by atoms with E-state index in [-0.39, 0.29) is 17.1 Å². The Kier molecular flexibility index (Phi) is 9.21. The summed E-state index contributed by atoms with van der Waals surface area (Å²) in [6, 6.07) is 21.0. The van der Waals surface area contributed by atoms with Gasteiger partial charge in [-0.25, -0.2) is 10.5 Å². The van der Waals surface area contributed by atoms with Crippen molar-refractivity contribution in [2.24, 2.45) is 9.98 Å². The van der Waals surface area contributed by atoms with E-state index in [1.807, 2.05) is 24.3 Å². The van der Waals surface area contributed by atoms with Gasteiger partial charge in [0.1, 0.15) is 23.6 Å². The summed E-state index contributed by atoms with van der Waals surface area (Å²) >= 11 is 6.26. The largest absolute Gasteiger partial charge is 0.492 e. The normalized spacial score (nSPS) is 13.3. The highest BCUT2D eigenvalue weighted by Crippen LogP contribution is 2.55. The van der Waals surface area contributed by atoms with E-state index >= 15 is 0 Å². The Bertz CT molecular complexity index is 2390. The monoisotopic (exact) mass is 740 g/mol. The average molecular weight is 741 g/mol. The van der Waals surface area contributed by atoms with Crippen LogP contribution in [0.25, 0.3) is 60.5 Å². The van der Waals surface area contributed by atoms with Crippen LogP contribution in [0.15, 0.2) is 58.5 Å². The summed E-state index contributed by atoms with van der Waals surface area (Å²) in [5.41, 5.74) is 4.80. The van der Waals surface area contributed by atoms with Gasteiger partial charge >= 0.3 is 11.7 Å². The first-order valence-corrected chi connectivity index (χ1v) is 19.4. The number of benzene rings is 2. The molecule has 12 heteroatoms. The summed E-state index contributed by atoms with van der Waals surface area (Å²) in [6.45, 7) is 24.3. The van der Waals surface area contributed by atoms with E-state index in [2.05, 4.69) is 83.8 Å². The van der Waals surface area contributed by atoms with Crippen molar-refractivity contribution in [3.05, 3.63) is 82.5 Å². The molecule has 4 heterocycles. The number of thiophene rings is 4. The molecule has 0 bridgehead atoms. The summed E-state index contributed by atoms with van der Waals surface area (Å²) in [4.78, 5) is 19.0. The molecule has 2 aromatic carbocycles. The summed E-state index contributed by atoms with van der Waals surface area (Å²) < 4.78 is 14.5. The summed E-state index contributed by atoms with van der Waals surface area (Å²) in [7, 11) is 0. The molecule has 1 aliphatic carbocycles. The van der Waals surface area contributed by atoms with E-state index in [0.29, 0.717) is 34.7 Å². The molecule has 4 aromatic heterocycles. The maximum absolute atomic E-state index is 9.26. The predicted molar refractivity (Wildman–Crippen MR) is 212 cm³/mol. The Morgan fingerprint density at radius 2 is 1.12 bits per heavy atom. The van der Waals surface area contributed by atoms with Gasteiger partial charge in [0, 0.05) is 36.7 Å². The molecule has 0 amide bonds. The molecule has 0 atom stereocenters. The maximum atomic E-state index is 9.26. The van der Waals surface area contributed by atoms with Crippen molar-refractivity contribution in [3.8, 4) is 54.3 Å². The molecule has 0 unspecified atom stereocenters. The molecular formula is C39H28N6O2S4. The highest BCUT2D eigenvalue weighted by molar-refractivity contribution is 7.28. The fourth-order valence-electron chi connectivity index (χ4n) is 6.20. The number of hydrogen-bond donors (Lipinski definition) is 0. The highest BCUT2D eigenvalue weighted by atomic mass is 32.1. The number of nitriles is 2. The molecule has 0 fully saturated rings. The molecule has 250 valence electrons. The van der Waals surface area contributed by atoms with Crippen molar-refractivity contribution in [3.63, 3.8) is 0 Å². The van der Waals surface area contributed by atoms with Gasteiger partial charge in [-0.2, -0.15) is 0 Å². The summed E-state index contributed by atoms with van der Waals surface area (Å²) in [5, 5.41) is 22.0. The Labute approximate surface area is 311 Å². The van der Waals surface area contributed by atoms with Crippen molar-refractivity contribution in [1.29, 1.82) is 10.5 Å². The van der Waals surface area contributed by atoms with E-state index < -0.39 is 0 Å². The van der Waals surface area contributed by atoms with Gasteiger partial charge in [-0.1, -0.05) is 73.5 Å². The topological polar surface area (TPSA) is 99.5 Å². The van der Waals surface area contributed by atoms with E-state index in [9.17, 15) is 10.5 Å². The number of ether oxygens (including phenoxy) is 2. The van der Waals surface area contributed by atoms with Crippen LogP contribution in [0.3, 0.4) is 0 Å². The van der Waals surface area contributed by atoms with Crippen molar-refractivity contribution >= 4 is 87.2 Å². The van der Waals surface area contributed by atoms with Crippen molar-refractivity contribution in [2.75, 3.05) is 13.2 Å². The third-order valence-electron chi connectivity index (χ3n) is 8.53. The molecule has 0 aliphatic heterocycles. The number of fused-ring (bicyclic) bond motifs is 5. The molecule has 0 N–H and O–H groups in total. The molecule has 8 nitrogen and oxygen atoms in total. The molecule has 51 heavy (non-hydrogen) atoms. The quantitative estimate of drug-likeness (QED) is 0.0793. The predicted octanol–water partition coefficient (Wildman–Crippen LogP) is 12.4. The molecule has 0 spiro atoms. The van der Waals surface area contributed by atoms with E-state index in [0.717, 1.165) is 43.1 Å². The van der Waals surface area contributed by atoms with Gasteiger partial charge in [0.2, 0.25) is 10.0 Å². The number of rotatable bonds is 10. The molecule has 0 saturated heterocycles. The third kappa shape index (κ3) is 6.18. The Morgan fingerprint density at radius 1 is 0.686 bits per heavy atom. The van der Waals surface area contributed by atoms with Crippen LogP contribution >= 0.6 is 45.3 Å². The number of amidine groups is 2. The van der Waals surface area contributed by atoms with Gasteiger partial charge in [-0.05, 0) is 82.3 Å². The van der Waals surface area contributed by atoms with Crippen LogP contribution in [0, 0.1) is 35.8 Å². The lowest BCUT2D eigenvalue weighted by molar-refractivity contribution is 0.320. The van der Waals surface area contributed by atoms with Gasteiger partial charge < -0.3 is 19.2 Å². The maximum Gasteiger partial charge on any atom is 0.350 e. The molecule has 0 saturated carbocycles. The highest BCUT2D eigenvalue weighted by Gasteiger charge is 2.37. The smallest absolute Gasteiger partial charge is 0.350 e. The minimum atomic E-state index is -0.224. The average Bonchev–Trinajstić information content (AvgIpc) is 3.95. The molecule has 1 aliphatic rings. The van der Waals surface area contributed by atoms with Gasteiger partial charge in [0.25, 0.3) is 0 Å². The second kappa shape index (κ2) is 13.8. The second-order valence-corrected chi connectivity index (χ2v) is 16.5. The van der Waals surface area contributed by atoms with Gasteiger partial charge in [-0.3, -0.25) is 0 Å². The lowest BCUT2D eigenvalue weighted by Gasteiger charge is -2.21. The van der Waals surface area contributed by atoms with Crippen LogP contribution in [0.4, 0.5) is 10.0 Å². The van der Waals surface area contributed by atoms with Gasteiger partial charge in [0.05, 0.1) is 23.0 Å². The summed E-state index contributed by atoms with van der Waals surface area (Å²) in [5.74, 6) is 1.04. The first-order valence-electron chi connectivity index (χ1n) is 16.1. The molecule has 7 rings (SSSR count). The lowest BCUT2D eigenvalue weighted by atomic mass is 9.82. The zero-order chi connectivity index (χ0) is 35.9. The minimum absolute atomic E-state index is 0.198. The zero-order valence-corrected chi connectivity index (χ0v) is 31.3. The van der Waals surface area contributed by atoms with Crippen LogP contribution < -0.4 is 9.47 Å². The minimum Gasteiger partial charge on any atom is -0.492 e. The molecular weight excluding hydrogens is 713 g/mol. The number of aliphatic imine (C=N–C) groups is 2. The first kappa shape index (κ1) is 34.1. The molecule has 0 radical (unpaired) electrons. The van der Waals surface area contributed by atoms with E-state index in [4.69, 9.17) is 22.6 Å². The van der Waals surface area contributed by atoms with Crippen LogP contribution in [-0.4, -0.2) is 24.9 Å². The second-order valence-electron chi connectivity index (χ2n) is 12.3. The van der Waals surface area contributed by atoms with Crippen LogP contribution in [0.2, 0.25) is 0 Å². The Balaban J connectivity index is 1.30. The SMILES string of the molecule is [C-]#[N+]C(C#N)=Nc1cc(OCCC)c(-c2cc3cc4c(cc3s2)-c2cc3sc(-c5sc(N=C(C#N)[N+]#[C-])cc5OCCC)cc3cc2C4(C)C)s1. The fourth-order valence-corrected chi connectivity index (χ4v) is 10.5. The van der Waals surface area contributed by atoms with Crippen molar-refractivity contribution in [2.45, 2.75) is 46.0 Å². The van der Waals surface area contributed by atoms with E-state index in [1.165, 1.54) is 54.3 Å². The number of nitrogens with zero attached hydrogens (tertiary/aromatic N) is 6. The number of hydrogen-bond acceptors (Lipinski definition) is 10. The Morgan fingerprint density at radius 3 is 1.49 bits per heavy atom. The standard InChI is InChI=1S/C39H28N6O2S4/c1-7-9-46-27-17-35(44-33(19-40)42-5)50-37(27)31-13-21-11-25-23(15-29(21)48-31)24-16-30-22(12-26(24)39(25,3)4)14-32(49-30)38-28(47-10-8-2)18-36(51-38)45-34(20-41)43-6/h11-18H,7-10H2,1-4H3.